The zero-order chi connectivity index (χ0) is 15.2. The number of urea groups is 1. The van der Waals surface area contributed by atoms with Crippen LogP contribution in [0, 0.1) is 0 Å². The van der Waals surface area contributed by atoms with Crippen LogP contribution in [0.2, 0.25) is 0 Å². The smallest absolute Gasteiger partial charge is 0.326 e. The third-order valence-electron chi connectivity index (χ3n) is 3.57. The molecule has 0 radical (unpaired) electrons. The molecule has 0 saturated carbocycles. The van der Waals surface area contributed by atoms with Crippen molar-refractivity contribution in [2.75, 3.05) is 25.2 Å². The fraction of sp³-hybridized carbons (Fsp3) is 0.467. The summed E-state index contributed by atoms with van der Waals surface area (Å²) in [5.74, 6) is -1.02. The van der Waals surface area contributed by atoms with Crippen LogP contribution in [0.3, 0.4) is 0 Å². The Morgan fingerprint density at radius 1 is 1.43 bits per heavy atom. The number of aliphatic carboxylic acids is 1. The molecule has 0 fully saturated rings. The van der Waals surface area contributed by atoms with Gasteiger partial charge in [-0.15, -0.1) is 0 Å². The summed E-state index contributed by atoms with van der Waals surface area (Å²) in [7, 11) is 1.56. The van der Waals surface area contributed by atoms with Crippen LogP contribution in [0.4, 0.5) is 10.5 Å². The predicted octanol–water partition coefficient (Wildman–Crippen LogP) is 1.64. The van der Waals surface area contributed by atoms with E-state index in [0.29, 0.717) is 26.0 Å². The topological polar surface area (TPSA) is 78.9 Å². The minimum absolute atomic E-state index is 0.352. The lowest BCUT2D eigenvalue weighted by Crippen LogP contribution is -2.47. The van der Waals surface area contributed by atoms with Gasteiger partial charge in [0.2, 0.25) is 0 Å². The lowest BCUT2D eigenvalue weighted by molar-refractivity contribution is -0.139. The van der Waals surface area contributed by atoms with Crippen molar-refractivity contribution < 1.29 is 19.4 Å². The molecule has 0 saturated heterocycles. The fourth-order valence-electron chi connectivity index (χ4n) is 2.47. The molecule has 2 amide bonds. The van der Waals surface area contributed by atoms with E-state index in [1.54, 1.807) is 12.0 Å². The molecule has 0 spiro atoms. The predicted molar refractivity (Wildman–Crippen MR) is 78.6 cm³/mol. The summed E-state index contributed by atoms with van der Waals surface area (Å²) in [5.41, 5.74) is 1.97. The number of carbonyl (C=O) groups excluding carboxylic acids is 1. The Hall–Kier alpha value is -2.08. The van der Waals surface area contributed by atoms with Gasteiger partial charge in [-0.05, 0) is 30.9 Å². The molecular weight excluding hydrogens is 272 g/mol. The van der Waals surface area contributed by atoms with Crippen molar-refractivity contribution in [2.45, 2.75) is 25.3 Å². The van der Waals surface area contributed by atoms with E-state index >= 15 is 0 Å². The van der Waals surface area contributed by atoms with Gasteiger partial charge in [-0.25, -0.2) is 9.59 Å². The minimum atomic E-state index is -1.02. The number of carboxylic acids is 1. The van der Waals surface area contributed by atoms with Crippen molar-refractivity contribution in [3.63, 3.8) is 0 Å². The number of benzene rings is 1. The molecule has 6 nitrogen and oxygen atoms in total. The van der Waals surface area contributed by atoms with Crippen molar-refractivity contribution in [2.24, 2.45) is 0 Å². The fourth-order valence-corrected chi connectivity index (χ4v) is 2.47. The van der Waals surface area contributed by atoms with Crippen LogP contribution < -0.4 is 10.2 Å². The molecule has 21 heavy (non-hydrogen) atoms. The highest BCUT2D eigenvalue weighted by Gasteiger charge is 2.27. The first-order chi connectivity index (χ1) is 10.1. The number of hydrogen-bond acceptors (Lipinski definition) is 3. The maximum atomic E-state index is 12.3. The van der Waals surface area contributed by atoms with Gasteiger partial charge in [0.25, 0.3) is 0 Å². The van der Waals surface area contributed by atoms with Gasteiger partial charge in [0.1, 0.15) is 6.04 Å². The van der Waals surface area contributed by atoms with E-state index < -0.39 is 12.0 Å². The Morgan fingerprint density at radius 3 is 2.90 bits per heavy atom. The van der Waals surface area contributed by atoms with Crippen LogP contribution in [0.1, 0.15) is 18.4 Å². The number of anilines is 1. The highest BCUT2D eigenvalue weighted by molar-refractivity contribution is 5.96. The summed E-state index contributed by atoms with van der Waals surface area (Å²) < 4.78 is 4.91. The van der Waals surface area contributed by atoms with Crippen LogP contribution in [-0.4, -0.2) is 43.4 Å². The Balaban J connectivity index is 1.98. The zero-order valence-corrected chi connectivity index (χ0v) is 12.0. The number of nitrogens with one attached hydrogen (secondary N) is 1. The monoisotopic (exact) mass is 292 g/mol. The molecule has 1 atom stereocenters. The quantitative estimate of drug-likeness (QED) is 0.781. The Morgan fingerprint density at radius 2 is 2.19 bits per heavy atom. The first-order valence-corrected chi connectivity index (χ1v) is 7.01. The van der Waals surface area contributed by atoms with Gasteiger partial charge >= 0.3 is 12.0 Å². The number of hydrogen-bond donors (Lipinski definition) is 2. The standard InChI is InChI=1S/C15H20N2O4/c1-21-10-4-6-12(14(18)19)16-15(20)17-9-8-11-5-2-3-7-13(11)17/h2-3,5,7,12H,4,6,8-10H2,1H3,(H,16,20)(H,18,19). The van der Waals surface area contributed by atoms with Crippen LogP contribution in [0.25, 0.3) is 0 Å². The summed E-state index contributed by atoms with van der Waals surface area (Å²) in [6, 6.07) is 6.42. The molecule has 6 heteroatoms. The van der Waals surface area contributed by atoms with Crippen molar-refractivity contribution in [3.05, 3.63) is 29.8 Å². The zero-order valence-electron chi connectivity index (χ0n) is 12.0. The normalized spacial score (nSPS) is 14.6. The average Bonchev–Trinajstić information content (AvgIpc) is 2.90. The van der Waals surface area contributed by atoms with Crippen LogP contribution in [-0.2, 0) is 16.0 Å². The van der Waals surface area contributed by atoms with E-state index in [4.69, 9.17) is 4.74 Å². The molecule has 1 aromatic rings. The number of rotatable bonds is 6. The lowest BCUT2D eigenvalue weighted by atomic mass is 10.1. The number of methoxy groups -OCH3 is 1. The van der Waals surface area contributed by atoms with E-state index in [9.17, 15) is 14.7 Å². The second-order valence-electron chi connectivity index (χ2n) is 5.01. The molecule has 0 bridgehead atoms. The molecule has 1 aliphatic rings. The van der Waals surface area contributed by atoms with E-state index in [0.717, 1.165) is 17.7 Å². The maximum absolute atomic E-state index is 12.3. The lowest BCUT2D eigenvalue weighted by Gasteiger charge is -2.21. The van der Waals surface area contributed by atoms with Crippen LogP contribution in [0.5, 0.6) is 0 Å². The van der Waals surface area contributed by atoms with Gasteiger partial charge in [-0.1, -0.05) is 18.2 Å². The molecule has 2 N–H and O–H groups in total. The Labute approximate surface area is 123 Å². The summed E-state index contributed by atoms with van der Waals surface area (Å²) in [4.78, 5) is 25.1. The molecule has 114 valence electrons. The minimum Gasteiger partial charge on any atom is -0.480 e. The highest BCUT2D eigenvalue weighted by Crippen LogP contribution is 2.27. The summed E-state index contributed by atoms with van der Waals surface area (Å²) in [6.07, 6.45) is 1.74. The molecule has 1 heterocycles. The van der Waals surface area contributed by atoms with Crippen molar-refractivity contribution in [1.82, 2.24) is 5.32 Å². The molecule has 2 rings (SSSR count). The largest absolute Gasteiger partial charge is 0.480 e. The van der Waals surface area contributed by atoms with Gasteiger partial charge in [0.15, 0.2) is 0 Å². The maximum Gasteiger partial charge on any atom is 0.326 e. The third kappa shape index (κ3) is 3.72. The number of ether oxygens (including phenoxy) is 1. The van der Waals surface area contributed by atoms with E-state index in [-0.39, 0.29) is 6.03 Å². The summed E-state index contributed by atoms with van der Waals surface area (Å²) in [5, 5.41) is 11.8. The molecule has 0 aliphatic carbocycles. The van der Waals surface area contributed by atoms with Crippen LogP contribution in [0.15, 0.2) is 24.3 Å². The van der Waals surface area contributed by atoms with Gasteiger partial charge in [-0.3, -0.25) is 4.90 Å². The molecule has 1 unspecified atom stereocenters. The molecular formula is C15H20N2O4. The first kappa shape index (κ1) is 15.3. The number of nitrogens with zero attached hydrogens (tertiary/aromatic N) is 1. The second kappa shape index (κ2) is 7.08. The number of fused-ring (bicyclic) bond motifs is 1. The van der Waals surface area contributed by atoms with Crippen molar-refractivity contribution in [1.29, 1.82) is 0 Å². The van der Waals surface area contributed by atoms with Gasteiger partial charge in [0.05, 0.1) is 0 Å². The van der Waals surface area contributed by atoms with Gasteiger partial charge in [0, 0.05) is 25.9 Å². The summed E-state index contributed by atoms with van der Waals surface area (Å²) >= 11 is 0. The highest BCUT2D eigenvalue weighted by atomic mass is 16.5. The second-order valence-corrected chi connectivity index (χ2v) is 5.01. The SMILES string of the molecule is COCCCC(NC(=O)N1CCc2ccccc21)C(=O)O. The first-order valence-electron chi connectivity index (χ1n) is 7.01. The molecule has 1 aromatic carbocycles. The Kier molecular flexibility index (Phi) is 5.16. The van der Waals surface area contributed by atoms with Gasteiger partial charge in [-0.2, -0.15) is 0 Å². The summed E-state index contributed by atoms with van der Waals surface area (Å²) in [6.45, 7) is 1.06. The van der Waals surface area contributed by atoms with E-state index in [1.165, 1.54) is 0 Å². The Bertz CT molecular complexity index is 518. The van der Waals surface area contributed by atoms with E-state index in [2.05, 4.69) is 5.32 Å². The molecule has 1 aliphatic heterocycles. The van der Waals surface area contributed by atoms with Gasteiger partial charge < -0.3 is 15.2 Å². The third-order valence-corrected chi connectivity index (χ3v) is 3.57. The van der Waals surface area contributed by atoms with Crippen LogP contribution >= 0.6 is 0 Å². The number of carboxylic acid groups (broad SMARTS) is 1. The molecule has 0 aromatic heterocycles. The average molecular weight is 292 g/mol. The number of carbonyl (C=O) groups is 2. The number of amides is 2. The van der Waals surface area contributed by atoms with Crippen molar-refractivity contribution in [3.8, 4) is 0 Å². The number of para-hydroxylation sites is 1. The van der Waals surface area contributed by atoms with E-state index in [1.807, 2.05) is 24.3 Å². The van der Waals surface area contributed by atoms with Crippen molar-refractivity contribution >= 4 is 17.7 Å².